The Morgan fingerprint density at radius 2 is 2.05 bits per heavy atom. The average Bonchev–Trinajstić information content (AvgIpc) is 2.86. The summed E-state index contributed by atoms with van der Waals surface area (Å²) in [4.78, 5) is 15.1. The largest absolute Gasteiger partial charge is 0.359 e. The molecule has 22 heavy (non-hydrogen) atoms. The van der Waals surface area contributed by atoms with Gasteiger partial charge in [-0.1, -0.05) is 30.9 Å². The summed E-state index contributed by atoms with van der Waals surface area (Å²) in [6.07, 6.45) is 5.89. The summed E-state index contributed by atoms with van der Waals surface area (Å²) < 4.78 is 0. The van der Waals surface area contributed by atoms with E-state index < -0.39 is 11.1 Å². The minimum Gasteiger partial charge on any atom is -0.359 e. The van der Waals surface area contributed by atoms with Crippen molar-refractivity contribution in [2.24, 2.45) is 5.73 Å². The van der Waals surface area contributed by atoms with Crippen molar-refractivity contribution in [3.63, 3.8) is 0 Å². The number of hydrogen-bond acceptors (Lipinski definition) is 3. The van der Waals surface area contributed by atoms with Gasteiger partial charge in [-0.05, 0) is 43.5 Å². The number of nitrogens with one attached hydrogen (secondary N) is 1. The topological polar surface area (TPSA) is 58.4 Å². The van der Waals surface area contributed by atoms with Gasteiger partial charge in [-0.3, -0.25) is 4.79 Å². The Morgan fingerprint density at radius 1 is 1.32 bits per heavy atom. The predicted molar refractivity (Wildman–Crippen MR) is 87.9 cm³/mol. The van der Waals surface area contributed by atoms with E-state index in [0.29, 0.717) is 17.6 Å². The van der Waals surface area contributed by atoms with Crippen LogP contribution in [0.2, 0.25) is 5.02 Å². The van der Waals surface area contributed by atoms with Gasteiger partial charge in [-0.25, -0.2) is 0 Å². The van der Waals surface area contributed by atoms with Crippen LogP contribution in [0.3, 0.4) is 0 Å². The van der Waals surface area contributed by atoms with Crippen LogP contribution in [-0.4, -0.2) is 29.1 Å². The van der Waals surface area contributed by atoms with Gasteiger partial charge in [0.15, 0.2) is 5.66 Å². The van der Waals surface area contributed by atoms with Crippen molar-refractivity contribution in [1.29, 1.82) is 0 Å². The fourth-order valence-electron chi connectivity index (χ4n) is 4.47. The molecule has 0 radical (unpaired) electrons. The van der Waals surface area contributed by atoms with Gasteiger partial charge in [0.2, 0.25) is 0 Å². The van der Waals surface area contributed by atoms with Crippen LogP contribution in [0, 0.1) is 0 Å². The van der Waals surface area contributed by atoms with Crippen LogP contribution in [0.25, 0.3) is 0 Å². The SMILES string of the molecule is C[C@@]12CN(C3CCCCC3)C(=O)[C@]1(N)Nc1ccc(Cl)cc12. The van der Waals surface area contributed by atoms with E-state index in [0.717, 1.165) is 24.1 Å². The lowest BCUT2D eigenvalue weighted by Crippen LogP contribution is -2.61. The second kappa shape index (κ2) is 4.62. The van der Waals surface area contributed by atoms with Crippen molar-refractivity contribution in [3.05, 3.63) is 28.8 Å². The Kier molecular flexibility index (Phi) is 3.01. The summed E-state index contributed by atoms with van der Waals surface area (Å²) in [5.74, 6) is 0.0363. The molecule has 2 fully saturated rings. The normalized spacial score (nSPS) is 34.5. The molecule has 5 heteroatoms. The molecular formula is C17H22ClN3O. The van der Waals surface area contributed by atoms with E-state index in [-0.39, 0.29) is 5.91 Å². The molecule has 0 spiro atoms. The number of carbonyl (C=O) groups is 1. The molecule has 0 aromatic heterocycles. The number of halogens is 1. The summed E-state index contributed by atoms with van der Waals surface area (Å²) in [5.41, 5.74) is 7.12. The lowest BCUT2D eigenvalue weighted by atomic mass is 9.77. The Hall–Kier alpha value is -1.26. The maximum absolute atomic E-state index is 13.1. The quantitative estimate of drug-likeness (QED) is 0.837. The first kappa shape index (κ1) is 14.3. The van der Waals surface area contributed by atoms with Crippen molar-refractivity contribution in [2.45, 2.75) is 56.1 Å². The van der Waals surface area contributed by atoms with E-state index in [4.69, 9.17) is 17.3 Å². The number of amides is 1. The molecule has 1 aliphatic carbocycles. The highest BCUT2D eigenvalue weighted by Gasteiger charge is 2.65. The molecule has 1 amide bonds. The van der Waals surface area contributed by atoms with Crippen LogP contribution in [0.15, 0.2) is 18.2 Å². The zero-order chi connectivity index (χ0) is 15.5. The van der Waals surface area contributed by atoms with Crippen molar-refractivity contribution in [1.82, 2.24) is 4.90 Å². The van der Waals surface area contributed by atoms with Gasteiger partial charge in [0.05, 0.1) is 5.41 Å². The van der Waals surface area contributed by atoms with Crippen molar-refractivity contribution >= 4 is 23.2 Å². The number of hydrogen-bond donors (Lipinski definition) is 2. The molecule has 0 bridgehead atoms. The summed E-state index contributed by atoms with van der Waals surface area (Å²) in [6.45, 7) is 2.76. The Bertz CT molecular complexity index is 643. The lowest BCUT2D eigenvalue weighted by molar-refractivity contribution is -0.133. The van der Waals surface area contributed by atoms with Crippen LogP contribution < -0.4 is 11.1 Å². The molecule has 2 aliphatic heterocycles. The number of benzene rings is 1. The minimum absolute atomic E-state index is 0.0363. The monoisotopic (exact) mass is 319 g/mol. The summed E-state index contributed by atoms with van der Waals surface area (Å²) >= 11 is 6.18. The van der Waals surface area contributed by atoms with Gasteiger partial charge < -0.3 is 16.0 Å². The van der Waals surface area contributed by atoms with Crippen molar-refractivity contribution < 1.29 is 4.79 Å². The third-order valence-electron chi connectivity index (χ3n) is 5.88. The molecule has 1 aromatic carbocycles. The van der Waals surface area contributed by atoms with Crippen LogP contribution in [0.1, 0.15) is 44.6 Å². The standard InChI is InChI=1S/C17H22ClN3O/c1-16-10-21(12-5-3-2-4-6-12)15(22)17(16,19)20-14-8-7-11(18)9-13(14)16/h7-9,12,20H,2-6,10,19H2,1H3/t16-,17-/m0/s1. The number of carbonyl (C=O) groups excluding carboxylic acids is 1. The van der Waals surface area contributed by atoms with Gasteiger partial charge in [-0.15, -0.1) is 0 Å². The van der Waals surface area contributed by atoms with Gasteiger partial charge >= 0.3 is 0 Å². The highest BCUT2D eigenvalue weighted by Crippen LogP contribution is 2.51. The fourth-order valence-corrected chi connectivity index (χ4v) is 4.64. The molecule has 1 saturated carbocycles. The van der Waals surface area contributed by atoms with Crippen LogP contribution in [0.5, 0.6) is 0 Å². The number of nitrogens with two attached hydrogens (primary N) is 1. The molecule has 0 unspecified atom stereocenters. The zero-order valence-corrected chi connectivity index (χ0v) is 13.6. The van der Waals surface area contributed by atoms with Crippen molar-refractivity contribution in [3.8, 4) is 0 Å². The predicted octanol–water partition coefficient (Wildman–Crippen LogP) is 2.85. The number of nitrogens with zero attached hydrogens (tertiary/aromatic N) is 1. The van der Waals surface area contributed by atoms with Crippen LogP contribution in [0.4, 0.5) is 5.69 Å². The van der Waals surface area contributed by atoms with Crippen LogP contribution >= 0.6 is 11.6 Å². The molecule has 1 aromatic rings. The van der Waals surface area contributed by atoms with E-state index in [1.807, 2.05) is 23.1 Å². The highest BCUT2D eigenvalue weighted by atomic mass is 35.5. The highest BCUT2D eigenvalue weighted by molar-refractivity contribution is 6.30. The van der Waals surface area contributed by atoms with Crippen molar-refractivity contribution in [2.75, 3.05) is 11.9 Å². The molecule has 118 valence electrons. The molecule has 4 nitrogen and oxygen atoms in total. The zero-order valence-electron chi connectivity index (χ0n) is 12.9. The smallest absolute Gasteiger partial charge is 0.264 e. The Morgan fingerprint density at radius 3 is 2.77 bits per heavy atom. The van der Waals surface area contributed by atoms with Gasteiger partial charge in [0.1, 0.15) is 0 Å². The summed E-state index contributed by atoms with van der Waals surface area (Å²) in [5, 5.41) is 3.98. The molecule has 1 saturated heterocycles. The van der Waals surface area contributed by atoms with Gasteiger partial charge in [0, 0.05) is 23.3 Å². The summed E-state index contributed by atoms with van der Waals surface area (Å²) in [6, 6.07) is 6.06. The number of rotatable bonds is 1. The Balaban J connectivity index is 1.74. The Labute approximate surface area is 136 Å². The lowest BCUT2D eigenvalue weighted by Gasteiger charge is -2.32. The average molecular weight is 320 g/mol. The second-order valence-corrected chi connectivity index (χ2v) is 7.62. The maximum atomic E-state index is 13.1. The van der Waals surface area contributed by atoms with E-state index in [9.17, 15) is 4.79 Å². The fraction of sp³-hybridized carbons (Fsp3) is 0.588. The van der Waals surface area contributed by atoms with Gasteiger partial charge in [0.25, 0.3) is 5.91 Å². The molecule has 2 atom stereocenters. The van der Waals surface area contributed by atoms with E-state index in [1.54, 1.807) is 0 Å². The second-order valence-electron chi connectivity index (χ2n) is 7.18. The van der Waals surface area contributed by atoms with E-state index in [1.165, 1.54) is 19.3 Å². The number of likely N-dealkylation sites (tertiary alicyclic amines) is 1. The molecule has 3 aliphatic rings. The first-order chi connectivity index (χ1) is 10.5. The molecular weight excluding hydrogens is 298 g/mol. The molecule has 2 heterocycles. The van der Waals surface area contributed by atoms with Crippen LogP contribution in [-0.2, 0) is 10.2 Å². The first-order valence-corrected chi connectivity index (χ1v) is 8.52. The third kappa shape index (κ3) is 1.71. The van der Waals surface area contributed by atoms with E-state index >= 15 is 0 Å². The number of anilines is 1. The number of fused-ring (bicyclic) bond motifs is 3. The first-order valence-electron chi connectivity index (χ1n) is 8.14. The molecule has 4 rings (SSSR count). The van der Waals surface area contributed by atoms with Gasteiger partial charge in [-0.2, -0.15) is 0 Å². The minimum atomic E-state index is -1.04. The maximum Gasteiger partial charge on any atom is 0.264 e. The summed E-state index contributed by atoms with van der Waals surface area (Å²) in [7, 11) is 0. The molecule has 3 N–H and O–H groups in total. The van der Waals surface area contributed by atoms with E-state index in [2.05, 4.69) is 12.2 Å². The third-order valence-corrected chi connectivity index (χ3v) is 6.11.